The fourth-order valence-corrected chi connectivity index (χ4v) is 1.74. The molecule has 2 N–H and O–H groups in total. The van der Waals surface area contributed by atoms with Crippen LogP contribution in [-0.4, -0.2) is 17.0 Å². The van der Waals surface area contributed by atoms with Crippen molar-refractivity contribution < 1.29 is 14.7 Å². The van der Waals surface area contributed by atoms with Gasteiger partial charge in [0, 0.05) is 5.69 Å². The van der Waals surface area contributed by atoms with E-state index in [0.29, 0.717) is 5.69 Å². The second-order valence-electron chi connectivity index (χ2n) is 4.24. The molecule has 4 heteroatoms. The summed E-state index contributed by atoms with van der Waals surface area (Å²) in [6.07, 6.45) is 2.36. The van der Waals surface area contributed by atoms with Gasteiger partial charge in [-0.25, -0.2) is 0 Å². The second kappa shape index (κ2) is 6.79. The Morgan fingerprint density at radius 1 is 1.22 bits per heavy atom. The van der Waals surface area contributed by atoms with E-state index in [-0.39, 0.29) is 6.42 Å². The molecule has 1 unspecified atom stereocenters. The highest BCUT2D eigenvalue weighted by molar-refractivity contribution is 6.04. The number of nitrogens with one attached hydrogen (secondary N) is 1. The van der Waals surface area contributed by atoms with Gasteiger partial charge in [-0.3, -0.25) is 9.59 Å². The molecular weight excluding hydrogens is 230 g/mol. The minimum absolute atomic E-state index is 0.287. The van der Waals surface area contributed by atoms with Gasteiger partial charge in [-0.05, 0) is 30.5 Å². The van der Waals surface area contributed by atoms with Gasteiger partial charge < -0.3 is 10.4 Å². The summed E-state index contributed by atoms with van der Waals surface area (Å²) in [5, 5.41) is 11.5. The highest BCUT2D eigenvalue weighted by Crippen LogP contribution is 2.13. The van der Waals surface area contributed by atoms with E-state index >= 15 is 0 Å². The fraction of sp³-hybridized carbons (Fsp3) is 0.429. The topological polar surface area (TPSA) is 66.4 Å². The molecule has 18 heavy (non-hydrogen) atoms. The van der Waals surface area contributed by atoms with E-state index in [4.69, 9.17) is 5.11 Å². The molecule has 0 saturated carbocycles. The van der Waals surface area contributed by atoms with Crippen LogP contribution in [0.3, 0.4) is 0 Å². The van der Waals surface area contributed by atoms with Gasteiger partial charge >= 0.3 is 5.97 Å². The molecule has 0 saturated heterocycles. The number of hydrogen-bond acceptors (Lipinski definition) is 2. The van der Waals surface area contributed by atoms with E-state index in [1.807, 2.05) is 12.1 Å². The van der Waals surface area contributed by atoms with Gasteiger partial charge in [0.15, 0.2) is 0 Å². The van der Waals surface area contributed by atoms with Crippen LogP contribution in [0.2, 0.25) is 0 Å². The first-order chi connectivity index (χ1) is 8.58. The van der Waals surface area contributed by atoms with Gasteiger partial charge in [0.25, 0.3) is 0 Å². The zero-order valence-electron chi connectivity index (χ0n) is 10.8. The third kappa shape index (κ3) is 3.87. The first-order valence-corrected chi connectivity index (χ1v) is 6.21. The van der Waals surface area contributed by atoms with E-state index in [2.05, 4.69) is 12.2 Å². The number of carbonyl (C=O) groups excluding carboxylic acids is 1. The predicted molar refractivity (Wildman–Crippen MR) is 70.5 cm³/mol. The van der Waals surface area contributed by atoms with E-state index in [9.17, 15) is 9.59 Å². The monoisotopic (exact) mass is 249 g/mol. The Morgan fingerprint density at radius 2 is 1.83 bits per heavy atom. The van der Waals surface area contributed by atoms with Crippen molar-refractivity contribution in [3.63, 3.8) is 0 Å². The molecular formula is C14H19NO3. The lowest BCUT2D eigenvalue weighted by Gasteiger charge is -2.11. The van der Waals surface area contributed by atoms with Crippen molar-refractivity contribution in [1.82, 2.24) is 0 Å². The van der Waals surface area contributed by atoms with E-state index in [0.717, 1.165) is 12.8 Å². The molecule has 4 nitrogen and oxygen atoms in total. The summed E-state index contributed by atoms with van der Waals surface area (Å²) >= 11 is 0. The Kier molecular flexibility index (Phi) is 5.36. The summed E-state index contributed by atoms with van der Waals surface area (Å²) in [6, 6.07) is 7.50. The second-order valence-corrected chi connectivity index (χ2v) is 4.24. The van der Waals surface area contributed by atoms with Crippen molar-refractivity contribution in [1.29, 1.82) is 0 Å². The number of amides is 1. The largest absolute Gasteiger partial charge is 0.481 e. The quantitative estimate of drug-likeness (QED) is 0.762. The van der Waals surface area contributed by atoms with Crippen LogP contribution in [-0.2, 0) is 16.0 Å². The molecule has 0 spiro atoms. The average molecular weight is 249 g/mol. The van der Waals surface area contributed by atoms with Crippen molar-refractivity contribution in [2.45, 2.75) is 33.1 Å². The maximum Gasteiger partial charge on any atom is 0.316 e. The summed E-state index contributed by atoms with van der Waals surface area (Å²) in [5.74, 6) is -2.54. The number of carbonyl (C=O) groups is 2. The third-order valence-corrected chi connectivity index (χ3v) is 2.78. The van der Waals surface area contributed by atoms with Crippen LogP contribution in [0.4, 0.5) is 5.69 Å². The molecule has 0 aliphatic carbocycles. The van der Waals surface area contributed by atoms with E-state index < -0.39 is 17.8 Å². The molecule has 0 fully saturated rings. The van der Waals surface area contributed by atoms with E-state index in [1.54, 1.807) is 19.1 Å². The van der Waals surface area contributed by atoms with Crippen molar-refractivity contribution in [2.75, 3.05) is 5.32 Å². The van der Waals surface area contributed by atoms with Gasteiger partial charge in [-0.2, -0.15) is 0 Å². The minimum Gasteiger partial charge on any atom is -0.481 e. The molecule has 1 atom stereocenters. The van der Waals surface area contributed by atoms with Crippen LogP contribution < -0.4 is 5.32 Å². The van der Waals surface area contributed by atoms with E-state index in [1.165, 1.54) is 5.56 Å². The number of carboxylic acid groups (broad SMARTS) is 1. The number of carboxylic acids is 1. The standard InChI is InChI=1S/C14H19NO3/c1-3-5-10-6-8-11(9-7-10)15-13(16)12(4-2)14(17)18/h6-9,12H,3-5H2,1-2H3,(H,15,16)(H,17,18). The van der Waals surface area contributed by atoms with Crippen molar-refractivity contribution >= 4 is 17.6 Å². The minimum atomic E-state index is -1.09. The van der Waals surface area contributed by atoms with Crippen LogP contribution in [0.5, 0.6) is 0 Å². The molecule has 0 aromatic heterocycles. The Labute approximate surface area is 107 Å². The van der Waals surface area contributed by atoms with Gasteiger partial charge in [-0.15, -0.1) is 0 Å². The average Bonchev–Trinajstić information content (AvgIpc) is 2.32. The van der Waals surface area contributed by atoms with Gasteiger partial charge in [0.1, 0.15) is 5.92 Å². The van der Waals surface area contributed by atoms with Gasteiger partial charge in [-0.1, -0.05) is 32.4 Å². The number of benzene rings is 1. The van der Waals surface area contributed by atoms with Crippen molar-refractivity contribution in [2.24, 2.45) is 5.92 Å². The Hall–Kier alpha value is -1.84. The molecule has 0 aliphatic rings. The van der Waals surface area contributed by atoms with Crippen LogP contribution in [0.15, 0.2) is 24.3 Å². The lowest BCUT2D eigenvalue weighted by molar-refractivity contribution is -0.145. The summed E-state index contributed by atoms with van der Waals surface area (Å²) < 4.78 is 0. The molecule has 1 aromatic carbocycles. The third-order valence-electron chi connectivity index (χ3n) is 2.78. The normalized spacial score (nSPS) is 11.9. The maximum absolute atomic E-state index is 11.7. The maximum atomic E-state index is 11.7. The van der Waals surface area contributed by atoms with Crippen LogP contribution in [0.25, 0.3) is 0 Å². The molecule has 1 amide bonds. The first-order valence-electron chi connectivity index (χ1n) is 6.21. The Balaban J connectivity index is 2.66. The Bertz CT molecular complexity index is 412. The zero-order chi connectivity index (χ0) is 13.5. The van der Waals surface area contributed by atoms with Crippen LogP contribution in [0, 0.1) is 5.92 Å². The summed E-state index contributed by atoms with van der Waals surface area (Å²) in [7, 11) is 0. The van der Waals surface area contributed by atoms with Crippen LogP contribution in [0.1, 0.15) is 32.3 Å². The van der Waals surface area contributed by atoms with Gasteiger partial charge in [0.2, 0.25) is 5.91 Å². The molecule has 0 aliphatic heterocycles. The number of aryl methyl sites for hydroxylation is 1. The number of anilines is 1. The molecule has 0 bridgehead atoms. The number of rotatable bonds is 6. The lowest BCUT2D eigenvalue weighted by Crippen LogP contribution is -2.28. The lowest BCUT2D eigenvalue weighted by atomic mass is 10.1. The molecule has 1 aromatic rings. The first kappa shape index (κ1) is 14.2. The predicted octanol–water partition coefficient (Wildman–Crippen LogP) is 2.69. The van der Waals surface area contributed by atoms with Crippen molar-refractivity contribution in [3.8, 4) is 0 Å². The zero-order valence-corrected chi connectivity index (χ0v) is 10.8. The summed E-state index contributed by atoms with van der Waals surface area (Å²) in [5.41, 5.74) is 1.85. The highest BCUT2D eigenvalue weighted by Gasteiger charge is 2.23. The molecule has 98 valence electrons. The Morgan fingerprint density at radius 3 is 2.28 bits per heavy atom. The molecule has 0 heterocycles. The highest BCUT2D eigenvalue weighted by atomic mass is 16.4. The van der Waals surface area contributed by atoms with Crippen molar-refractivity contribution in [3.05, 3.63) is 29.8 Å². The summed E-state index contributed by atoms with van der Waals surface area (Å²) in [6.45, 7) is 3.79. The SMILES string of the molecule is CCCc1ccc(NC(=O)C(CC)C(=O)O)cc1. The number of aliphatic carboxylic acids is 1. The number of hydrogen-bond donors (Lipinski definition) is 2. The smallest absolute Gasteiger partial charge is 0.316 e. The summed E-state index contributed by atoms with van der Waals surface area (Å²) in [4.78, 5) is 22.5. The molecule has 0 radical (unpaired) electrons. The van der Waals surface area contributed by atoms with Gasteiger partial charge in [0.05, 0.1) is 0 Å². The fourth-order valence-electron chi connectivity index (χ4n) is 1.74. The van der Waals surface area contributed by atoms with Crippen LogP contribution >= 0.6 is 0 Å². The molecule has 1 rings (SSSR count).